The molecule has 1 aliphatic carbocycles. The number of likely N-dealkylation sites (N-methyl/N-ethyl adjacent to an activating group) is 1. The fourth-order valence-corrected chi connectivity index (χ4v) is 4.74. The lowest BCUT2D eigenvalue weighted by Crippen LogP contribution is -2.47. The second-order valence-electron chi connectivity index (χ2n) is 8.60. The summed E-state index contributed by atoms with van der Waals surface area (Å²) in [7, 11) is 0. The van der Waals surface area contributed by atoms with Crippen LogP contribution in [0.3, 0.4) is 0 Å². The van der Waals surface area contributed by atoms with Crippen molar-refractivity contribution in [3.8, 4) is 0 Å². The van der Waals surface area contributed by atoms with Crippen molar-refractivity contribution in [1.82, 2.24) is 20.0 Å². The first-order chi connectivity index (χ1) is 12.5. The number of piperazine rings is 1. The second-order valence-corrected chi connectivity index (χ2v) is 8.60. The van der Waals surface area contributed by atoms with Crippen LogP contribution in [-0.4, -0.2) is 84.9 Å². The molecule has 2 saturated heterocycles. The van der Waals surface area contributed by atoms with Gasteiger partial charge < -0.3 is 20.0 Å². The number of nitrogens with zero attached hydrogens (tertiary/aromatic N) is 3. The first-order valence-corrected chi connectivity index (χ1v) is 10.5. The molecule has 1 N–H and O–H groups in total. The quantitative estimate of drug-likeness (QED) is 0.765. The average molecular weight is 365 g/mol. The molecule has 0 aromatic rings. The number of fused-ring (bicyclic) bond motifs is 1. The van der Waals surface area contributed by atoms with E-state index in [-0.39, 0.29) is 17.9 Å². The van der Waals surface area contributed by atoms with Crippen LogP contribution in [0.5, 0.6) is 0 Å². The summed E-state index contributed by atoms with van der Waals surface area (Å²) in [6, 6.07) is 0.259. The summed E-state index contributed by atoms with van der Waals surface area (Å²) in [6.07, 6.45) is 2.84. The molecule has 0 spiro atoms. The molecule has 3 atom stereocenters. The molecule has 148 valence electrons. The van der Waals surface area contributed by atoms with Gasteiger partial charge in [-0.2, -0.15) is 0 Å². The van der Waals surface area contributed by atoms with E-state index in [2.05, 4.69) is 26.9 Å². The standard InChI is InChI=1S/C20H36N4O2/c1-4-22-9-11-23(12-10-22)8-7-19(25)24-13-16-5-6-18(17(16)14-24)21-20(26)15(2)3/h15-18H,4-14H2,1-3H3,(H,21,26). The van der Waals surface area contributed by atoms with Crippen LogP contribution in [-0.2, 0) is 9.59 Å². The molecule has 3 fully saturated rings. The van der Waals surface area contributed by atoms with Gasteiger partial charge in [-0.25, -0.2) is 0 Å². The fourth-order valence-electron chi connectivity index (χ4n) is 4.74. The van der Waals surface area contributed by atoms with Gasteiger partial charge in [0.25, 0.3) is 0 Å². The number of amides is 2. The van der Waals surface area contributed by atoms with Crippen molar-refractivity contribution in [3.63, 3.8) is 0 Å². The molecule has 1 saturated carbocycles. The molecule has 0 aromatic carbocycles. The fraction of sp³-hybridized carbons (Fsp3) is 0.900. The molecule has 26 heavy (non-hydrogen) atoms. The number of hydrogen-bond donors (Lipinski definition) is 1. The number of nitrogens with one attached hydrogen (secondary N) is 1. The van der Waals surface area contributed by atoms with E-state index in [1.165, 1.54) is 0 Å². The summed E-state index contributed by atoms with van der Waals surface area (Å²) >= 11 is 0. The zero-order chi connectivity index (χ0) is 18.7. The first kappa shape index (κ1) is 19.6. The summed E-state index contributed by atoms with van der Waals surface area (Å²) in [6.45, 7) is 14.2. The van der Waals surface area contributed by atoms with E-state index in [1.54, 1.807) is 0 Å². The molecule has 6 heteroatoms. The SMILES string of the molecule is CCN1CCN(CCC(=O)N2CC3CCC(NC(=O)C(C)C)C3C2)CC1. The lowest BCUT2D eigenvalue weighted by atomic mass is 9.97. The third-order valence-corrected chi connectivity index (χ3v) is 6.62. The van der Waals surface area contributed by atoms with Gasteiger partial charge in [0.1, 0.15) is 0 Å². The third kappa shape index (κ3) is 4.58. The van der Waals surface area contributed by atoms with Crippen molar-refractivity contribution in [2.75, 3.05) is 52.4 Å². The molecule has 0 bridgehead atoms. The molecular formula is C20H36N4O2. The molecule has 6 nitrogen and oxygen atoms in total. The Morgan fingerprint density at radius 3 is 2.38 bits per heavy atom. The van der Waals surface area contributed by atoms with E-state index >= 15 is 0 Å². The van der Waals surface area contributed by atoms with Crippen LogP contribution in [0.15, 0.2) is 0 Å². The Balaban J connectivity index is 1.42. The van der Waals surface area contributed by atoms with Gasteiger partial charge in [-0.15, -0.1) is 0 Å². The number of hydrogen-bond acceptors (Lipinski definition) is 4. The molecule has 3 rings (SSSR count). The highest BCUT2D eigenvalue weighted by Gasteiger charge is 2.44. The Morgan fingerprint density at radius 2 is 1.73 bits per heavy atom. The summed E-state index contributed by atoms with van der Waals surface area (Å²) < 4.78 is 0. The highest BCUT2D eigenvalue weighted by molar-refractivity contribution is 5.78. The summed E-state index contributed by atoms with van der Waals surface area (Å²) in [5.41, 5.74) is 0. The number of likely N-dealkylation sites (tertiary alicyclic amines) is 1. The van der Waals surface area contributed by atoms with Crippen LogP contribution >= 0.6 is 0 Å². The van der Waals surface area contributed by atoms with Gasteiger partial charge in [-0.05, 0) is 25.3 Å². The van der Waals surface area contributed by atoms with Crippen LogP contribution in [0.4, 0.5) is 0 Å². The van der Waals surface area contributed by atoms with E-state index in [4.69, 9.17) is 0 Å². The molecule has 2 aliphatic heterocycles. The summed E-state index contributed by atoms with van der Waals surface area (Å²) in [4.78, 5) is 31.7. The van der Waals surface area contributed by atoms with Gasteiger partial charge in [-0.3, -0.25) is 9.59 Å². The molecule has 0 aromatic heterocycles. The lowest BCUT2D eigenvalue weighted by Gasteiger charge is -2.34. The predicted octanol–water partition coefficient (Wildman–Crippen LogP) is 1.02. The molecule has 0 radical (unpaired) electrons. The number of rotatable bonds is 6. The normalized spacial score (nSPS) is 30.0. The van der Waals surface area contributed by atoms with Gasteiger partial charge in [-0.1, -0.05) is 20.8 Å². The highest BCUT2D eigenvalue weighted by atomic mass is 16.2. The molecule has 2 amide bonds. The zero-order valence-corrected chi connectivity index (χ0v) is 16.7. The maximum atomic E-state index is 12.7. The molecule has 3 unspecified atom stereocenters. The van der Waals surface area contributed by atoms with Crippen LogP contribution in [0.1, 0.15) is 40.0 Å². The number of carbonyl (C=O) groups excluding carboxylic acids is 2. The predicted molar refractivity (Wildman–Crippen MR) is 103 cm³/mol. The topological polar surface area (TPSA) is 55.9 Å². The first-order valence-electron chi connectivity index (χ1n) is 10.5. The van der Waals surface area contributed by atoms with Crippen molar-refractivity contribution in [3.05, 3.63) is 0 Å². The van der Waals surface area contributed by atoms with E-state index in [1.807, 2.05) is 13.8 Å². The minimum Gasteiger partial charge on any atom is -0.353 e. The zero-order valence-electron chi connectivity index (χ0n) is 16.7. The van der Waals surface area contributed by atoms with Crippen molar-refractivity contribution < 1.29 is 9.59 Å². The van der Waals surface area contributed by atoms with Crippen LogP contribution in [0.25, 0.3) is 0 Å². The number of carbonyl (C=O) groups is 2. The van der Waals surface area contributed by atoms with Gasteiger partial charge in [0, 0.05) is 70.1 Å². The van der Waals surface area contributed by atoms with E-state index in [9.17, 15) is 9.59 Å². The largest absolute Gasteiger partial charge is 0.353 e. The van der Waals surface area contributed by atoms with Crippen molar-refractivity contribution in [1.29, 1.82) is 0 Å². The molecular weight excluding hydrogens is 328 g/mol. The lowest BCUT2D eigenvalue weighted by molar-refractivity contribution is -0.130. The summed E-state index contributed by atoms with van der Waals surface area (Å²) in [5.74, 6) is 1.50. The Morgan fingerprint density at radius 1 is 1.04 bits per heavy atom. The third-order valence-electron chi connectivity index (χ3n) is 6.62. The highest BCUT2D eigenvalue weighted by Crippen LogP contribution is 2.38. The minimum absolute atomic E-state index is 0.0290. The minimum atomic E-state index is 0.0290. The van der Waals surface area contributed by atoms with Crippen molar-refractivity contribution in [2.45, 2.75) is 46.1 Å². The van der Waals surface area contributed by atoms with E-state index in [0.29, 0.717) is 24.2 Å². The van der Waals surface area contributed by atoms with Gasteiger partial charge in [0.2, 0.25) is 11.8 Å². The van der Waals surface area contributed by atoms with Crippen molar-refractivity contribution >= 4 is 11.8 Å². The smallest absolute Gasteiger partial charge is 0.223 e. The Kier molecular flexibility index (Phi) is 6.56. The van der Waals surface area contributed by atoms with E-state index in [0.717, 1.165) is 65.2 Å². The Bertz CT molecular complexity index is 502. The van der Waals surface area contributed by atoms with Crippen LogP contribution < -0.4 is 5.32 Å². The maximum absolute atomic E-state index is 12.7. The van der Waals surface area contributed by atoms with Crippen molar-refractivity contribution in [2.24, 2.45) is 17.8 Å². The average Bonchev–Trinajstić information content (AvgIpc) is 3.22. The molecule has 2 heterocycles. The van der Waals surface area contributed by atoms with E-state index < -0.39 is 0 Å². The van der Waals surface area contributed by atoms with Gasteiger partial charge in [0.15, 0.2) is 0 Å². The molecule has 3 aliphatic rings. The Hall–Kier alpha value is -1.14. The Labute approximate surface area is 158 Å². The maximum Gasteiger partial charge on any atom is 0.223 e. The van der Waals surface area contributed by atoms with Gasteiger partial charge in [0.05, 0.1) is 0 Å². The van der Waals surface area contributed by atoms with Crippen LogP contribution in [0.2, 0.25) is 0 Å². The monoisotopic (exact) mass is 364 g/mol. The van der Waals surface area contributed by atoms with Crippen LogP contribution in [0, 0.1) is 17.8 Å². The van der Waals surface area contributed by atoms with Gasteiger partial charge >= 0.3 is 0 Å². The second kappa shape index (κ2) is 8.70. The summed E-state index contributed by atoms with van der Waals surface area (Å²) in [5, 5.41) is 3.21.